The third-order valence-electron chi connectivity index (χ3n) is 4.15. The third kappa shape index (κ3) is 3.61. The number of carboxylic acids is 1. The van der Waals surface area contributed by atoms with E-state index >= 15 is 0 Å². The number of benzene rings is 1. The van der Waals surface area contributed by atoms with Crippen LogP contribution >= 0.6 is 0 Å². The summed E-state index contributed by atoms with van der Waals surface area (Å²) in [7, 11) is 1.71. The minimum Gasteiger partial charge on any atom is -0.478 e. The highest BCUT2D eigenvalue weighted by molar-refractivity contribution is 6.04. The molecule has 1 aliphatic heterocycles. The monoisotopic (exact) mass is 373 g/mol. The molecule has 0 spiro atoms. The normalized spacial score (nSPS) is 16.4. The fourth-order valence-corrected chi connectivity index (χ4v) is 2.83. The maximum atomic E-state index is 12.5. The van der Waals surface area contributed by atoms with Crippen molar-refractivity contribution in [1.82, 2.24) is 15.1 Å². The van der Waals surface area contributed by atoms with Crippen LogP contribution in [0.3, 0.4) is 0 Å². The van der Waals surface area contributed by atoms with Gasteiger partial charge in [0.25, 0.3) is 11.6 Å². The van der Waals surface area contributed by atoms with Crippen LogP contribution in [0.2, 0.25) is 0 Å². The number of non-ortho nitro benzene ring substituents is 1. The molecule has 11 heteroatoms. The molecule has 2 aromatic rings. The minimum absolute atomic E-state index is 0.200. The van der Waals surface area contributed by atoms with Gasteiger partial charge in [0.1, 0.15) is 6.04 Å². The van der Waals surface area contributed by atoms with E-state index in [0.717, 1.165) is 18.2 Å². The van der Waals surface area contributed by atoms with Crippen molar-refractivity contribution in [2.24, 2.45) is 7.05 Å². The Hall–Kier alpha value is -3.76. The van der Waals surface area contributed by atoms with Crippen molar-refractivity contribution >= 4 is 29.2 Å². The lowest BCUT2D eigenvalue weighted by atomic mass is 10.1. The maximum absolute atomic E-state index is 12.5. The zero-order valence-corrected chi connectivity index (χ0v) is 14.2. The van der Waals surface area contributed by atoms with Crippen molar-refractivity contribution in [3.05, 3.63) is 51.8 Å². The van der Waals surface area contributed by atoms with Crippen molar-refractivity contribution in [2.75, 3.05) is 11.4 Å². The predicted octanol–water partition coefficient (Wildman–Crippen LogP) is 0.562. The number of amides is 2. The number of nitrogens with one attached hydrogen (secondary N) is 1. The highest BCUT2D eigenvalue weighted by Gasteiger charge is 2.34. The van der Waals surface area contributed by atoms with Gasteiger partial charge in [-0.05, 0) is 12.5 Å². The zero-order chi connectivity index (χ0) is 19.7. The van der Waals surface area contributed by atoms with Gasteiger partial charge >= 0.3 is 5.97 Å². The molecule has 11 nitrogen and oxygen atoms in total. The van der Waals surface area contributed by atoms with Gasteiger partial charge in [-0.1, -0.05) is 0 Å². The number of anilines is 1. The van der Waals surface area contributed by atoms with E-state index in [0.29, 0.717) is 18.7 Å². The van der Waals surface area contributed by atoms with Crippen molar-refractivity contribution in [3.63, 3.8) is 0 Å². The summed E-state index contributed by atoms with van der Waals surface area (Å²) in [6.07, 6.45) is 3.55. The highest BCUT2D eigenvalue weighted by atomic mass is 16.6. The molecule has 1 saturated heterocycles. The topological polar surface area (TPSA) is 148 Å². The number of nitro groups is 1. The standard InChI is InChI=1S/C16H15N5O6/c1-19-8-12(7-17-19)20-3-2-13(15(20)23)18-14(22)9-4-10(16(24)25)6-11(5-9)21(26)27/h4-8,13H,2-3H2,1H3,(H,18,22)(H,24,25). The first kappa shape index (κ1) is 18.0. The number of hydrogen-bond acceptors (Lipinski definition) is 6. The SMILES string of the molecule is Cn1cc(N2CCC(NC(=O)c3cc(C(=O)O)cc([N+](=O)[O-])c3)C2=O)cn1. The second-order valence-corrected chi connectivity index (χ2v) is 6.01. The van der Waals surface area contributed by atoms with Gasteiger partial charge < -0.3 is 15.3 Å². The molecular weight excluding hydrogens is 358 g/mol. The largest absolute Gasteiger partial charge is 0.478 e. The Kier molecular flexibility index (Phi) is 4.59. The third-order valence-corrected chi connectivity index (χ3v) is 4.15. The summed E-state index contributed by atoms with van der Waals surface area (Å²) in [6, 6.07) is 2.05. The summed E-state index contributed by atoms with van der Waals surface area (Å²) in [6.45, 7) is 0.380. The van der Waals surface area contributed by atoms with Crippen molar-refractivity contribution in [2.45, 2.75) is 12.5 Å². The summed E-state index contributed by atoms with van der Waals surface area (Å²) in [4.78, 5) is 47.7. The van der Waals surface area contributed by atoms with Gasteiger partial charge in [-0.2, -0.15) is 5.10 Å². The van der Waals surface area contributed by atoms with Gasteiger partial charge in [-0.3, -0.25) is 24.4 Å². The molecule has 2 heterocycles. The maximum Gasteiger partial charge on any atom is 0.335 e. The van der Waals surface area contributed by atoms with E-state index in [4.69, 9.17) is 5.11 Å². The van der Waals surface area contributed by atoms with Crippen LogP contribution in [0.25, 0.3) is 0 Å². The van der Waals surface area contributed by atoms with E-state index in [2.05, 4.69) is 10.4 Å². The van der Waals surface area contributed by atoms with Crippen molar-refractivity contribution in [3.8, 4) is 0 Å². The van der Waals surface area contributed by atoms with Gasteiger partial charge in [0.05, 0.1) is 22.4 Å². The van der Waals surface area contributed by atoms with Crippen LogP contribution in [0.5, 0.6) is 0 Å². The quantitative estimate of drug-likeness (QED) is 0.575. The molecule has 2 amide bonds. The average molecular weight is 373 g/mol. The number of carbonyl (C=O) groups excluding carboxylic acids is 2. The number of hydrogen-bond donors (Lipinski definition) is 2. The second-order valence-electron chi connectivity index (χ2n) is 6.01. The number of rotatable bonds is 5. The Bertz CT molecular complexity index is 920. The summed E-state index contributed by atoms with van der Waals surface area (Å²) in [5.74, 6) is -2.49. The van der Waals surface area contributed by atoms with Gasteiger partial charge in [0.15, 0.2) is 0 Å². The van der Waals surface area contributed by atoms with Gasteiger partial charge in [-0.25, -0.2) is 4.79 Å². The Morgan fingerprint density at radius 1 is 1.33 bits per heavy atom. The molecular formula is C16H15N5O6. The molecule has 1 aromatic carbocycles. The molecule has 0 bridgehead atoms. The molecule has 1 atom stereocenters. The first-order chi connectivity index (χ1) is 12.8. The smallest absolute Gasteiger partial charge is 0.335 e. The number of nitrogens with zero attached hydrogens (tertiary/aromatic N) is 4. The average Bonchev–Trinajstić information content (AvgIpc) is 3.20. The molecule has 1 aliphatic rings. The van der Waals surface area contributed by atoms with E-state index in [1.54, 1.807) is 17.9 Å². The number of aromatic carboxylic acids is 1. The Morgan fingerprint density at radius 2 is 2.04 bits per heavy atom. The van der Waals surface area contributed by atoms with E-state index in [9.17, 15) is 24.5 Å². The molecule has 0 saturated carbocycles. The molecule has 27 heavy (non-hydrogen) atoms. The van der Waals surface area contributed by atoms with Crippen molar-refractivity contribution < 1.29 is 24.4 Å². The van der Waals surface area contributed by atoms with Gasteiger partial charge in [-0.15, -0.1) is 0 Å². The number of aryl methyl sites for hydroxylation is 1. The Labute approximate surface area is 152 Å². The molecule has 2 N–H and O–H groups in total. The zero-order valence-electron chi connectivity index (χ0n) is 14.2. The van der Waals surface area contributed by atoms with Crippen LogP contribution in [0.15, 0.2) is 30.6 Å². The van der Waals surface area contributed by atoms with E-state index in [1.165, 1.54) is 11.1 Å². The second kappa shape index (κ2) is 6.86. The molecule has 1 unspecified atom stereocenters. The molecule has 3 rings (SSSR count). The number of carbonyl (C=O) groups is 3. The fraction of sp³-hybridized carbons (Fsp3) is 0.250. The van der Waals surface area contributed by atoms with Crippen LogP contribution < -0.4 is 10.2 Å². The van der Waals surface area contributed by atoms with Crippen LogP contribution in [0.1, 0.15) is 27.1 Å². The number of nitro benzene ring substituents is 1. The molecule has 1 aromatic heterocycles. The van der Waals surface area contributed by atoms with Crippen LogP contribution in [-0.4, -0.2) is 50.2 Å². The first-order valence-electron chi connectivity index (χ1n) is 7.90. The van der Waals surface area contributed by atoms with Crippen molar-refractivity contribution in [1.29, 1.82) is 0 Å². The summed E-state index contributed by atoms with van der Waals surface area (Å²) in [5, 5.41) is 26.5. The van der Waals surface area contributed by atoms with Crippen LogP contribution in [0.4, 0.5) is 11.4 Å². The minimum atomic E-state index is -1.40. The van der Waals surface area contributed by atoms with Gasteiger partial charge in [0.2, 0.25) is 5.91 Å². The lowest BCUT2D eigenvalue weighted by Gasteiger charge is -2.15. The van der Waals surface area contributed by atoms with E-state index < -0.39 is 28.5 Å². The van der Waals surface area contributed by atoms with Crippen LogP contribution in [-0.2, 0) is 11.8 Å². The fourth-order valence-electron chi connectivity index (χ4n) is 2.83. The number of aromatic nitrogens is 2. The summed E-state index contributed by atoms with van der Waals surface area (Å²) < 4.78 is 1.55. The van der Waals surface area contributed by atoms with Crippen LogP contribution in [0, 0.1) is 10.1 Å². The molecule has 140 valence electrons. The Balaban J connectivity index is 1.78. The Morgan fingerprint density at radius 3 is 2.63 bits per heavy atom. The molecule has 0 aliphatic carbocycles. The molecule has 0 radical (unpaired) electrons. The highest BCUT2D eigenvalue weighted by Crippen LogP contribution is 2.22. The predicted molar refractivity (Wildman–Crippen MR) is 91.5 cm³/mol. The summed E-state index contributed by atoms with van der Waals surface area (Å²) in [5.41, 5.74) is -0.504. The molecule has 1 fully saturated rings. The summed E-state index contributed by atoms with van der Waals surface area (Å²) >= 11 is 0. The first-order valence-corrected chi connectivity index (χ1v) is 7.90. The lowest BCUT2D eigenvalue weighted by molar-refractivity contribution is -0.384. The van der Waals surface area contributed by atoms with E-state index in [1.807, 2.05) is 0 Å². The lowest BCUT2D eigenvalue weighted by Crippen LogP contribution is -2.41. The number of carboxylic acid groups (broad SMARTS) is 1. The van der Waals surface area contributed by atoms with E-state index in [-0.39, 0.29) is 17.0 Å². The van der Waals surface area contributed by atoms with Gasteiger partial charge in [0, 0.05) is 37.5 Å².